The summed E-state index contributed by atoms with van der Waals surface area (Å²) in [7, 11) is 2.62. The van der Waals surface area contributed by atoms with Crippen molar-refractivity contribution in [2.24, 2.45) is 11.1 Å². The van der Waals surface area contributed by atoms with Crippen molar-refractivity contribution in [1.82, 2.24) is 0 Å². The lowest BCUT2D eigenvalue weighted by molar-refractivity contribution is -0.146. The van der Waals surface area contributed by atoms with E-state index in [1.54, 1.807) is 12.1 Å². The molecule has 1 aliphatic rings. The average Bonchev–Trinajstić information content (AvgIpc) is 2.56. The number of benzene rings is 1. The van der Waals surface area contributed by atoms with E-state index in [0.717, 1.165) is 5.56 Å². The number of hydrogen-bond acceptors (Lipinski definition) is 6. The van der Waals surface area contributed by atoms with Crippen molar-refractivity contribution in [3.05, 3.63) is 34.9 Å². The van der Waals surface area contributed by atoms with Crippen LogP contribution in [0.15, 0.2) is 18.2 Å². The molecule has 22 heavy (non-hydrogen) atoms. The van der Waals surface area contributed by atoms with Crippen LogP contribution in [0, 0.1) is 5.41 Å². The summed E-state index contributed by atoms with van der Waals surface area (Å²) in [6.07, 6.45) is 0.389. The van der Waals surface area contributed by atoms with Crippen LogP contribution in [0.4, 0.5) is 0 Å². The van der Waals surface area contributed by atoms with Crippen molar-refractivity contribution >= 4 is 11.9 Å². The van der Waals surface area contributed by atoms with Crippen molar-refractivity contribution < 1.29 is 24.2 Å². The van der Waals surface area contributed by atoms with Crippen LogP contribution in [0.2, 0.25) is 0 Å². The molecule has 6 heteroatoms. The fourth-order valence-electron chi connectivity index (χ4n) is 3.00. The van der Waals surface area contributed by atoms with Gasteiger partial charge in [0.2, 0.25) is 0 Å². The molecule has 3 N–H and O–H groups in total. The first-order chi connectivity index (χ1) is 10.5. The van der Waals surface area contributed by atoms with E-state index in [9.17, 15) is 14.7 Å². The largest absolute Gasteiger partial charge is 0.469 e. The highest BCUT2D eigenvalue weighted by Crippen LogP contribution is 2.46. The molecule has 0 bridgehead atoms. The third-order valence-electron chi connectivity index (χ3n) is 4.46. The Morgan fingerprint density at radius 1 is 1.36 bits per heavy atom. The second-order valence-corrected chi connectivity index (χ2v) is 5.63. The Hall–Kier alpha value is -1.92. The number of carbonyl (C=O) groups excluding carboxylic acids is 2. The van der Waals surface area contributed by atoms with Crippen LogP contribution in [0.1, 0.15) is 40.4 Å². The van der Waals surface area contributed by atoms with Gasteiger partial charge in [0.05, 0.1) is 32.3 Å². The van der Waals surface area contributed by atoms with Crippen LogP contribution in [-0.4, -0.2) is 37.8 Å². The Kier molecular flexibility index (Phi) is 4.83. The van der Waals surface area contributed by atoms with Gasteiger partial charge in [-0.2, -0.15) is 0 Å². The minimum absolute atomic E-state index is 0.0447. The van der Waals surface area contributed by atoms with Gasteiger partial charge >= 0.3 is 11.9 Å². The lowest BCUT2D eigenvalue weighted by Crippen LogP contribution is -2.42. The Labute approximate surface area is 129 Å². The monoisotopic (exact) mass is 307 g/mol. The quantitative estimate of drug-likeness (QED) is 0.804. The van der Waals surface area contributed by atoms with Crippen LogP contribution in [0.5, 0.6) is 0 Å². The van der Waals surface area contributed by atoms with Crippen LogP contribution in [0.25, 0.3) is 0 Å². The Morgan fingerprint density at radius 2 is 2.09 bits per heavy atom. The number of esters is 2. The zero-order valence-corrected chi connectivity index (χ0v) is 12.8. The number of aliphatic hydroxyl groups excluding tert-OH is 1. The lowest BCUT2D eigenvalue weighted by atomic mass is 9.67. The van der Waals surface area contributed by atoms with E-state index in [1.807, 2.05) is 6.07 Å². The van der Waals surface area contributed by atoms with Gasteiger partial charge in [0.25, 0.3) is 0 Å². The van der Waals surface area contributed by atoms with Gasteiger partial charge in [-0.15, -0.1) is 0 Å². The van der Waals surface area contributed by atoms with Crippen molar-refractivity contribution in [2.75, 3.05) is 20.8 Å². The van der Waals surface area contributed by atoms with Crippen molar-refractivity contribution in [3.8, 4) is 0 Å². The van der Waals surface area contributed by atoms with E-state index < -0.39 is 23.5 Å². The van der Waals surface area contributed by atoms with Gasteiger partial charge in [0.15, 0.2) is 0 Å². The molecule has 0 heterocycles. The third-order valence-corrected chi connectivity index (χ3v) is 4.46. The summed E-state index contributed by atoms with van der Waals surface area (Å²) in [5.41, 5.74) is 7.03. The van der Waals surface area contributed by atoms with Gasteiger partial charge in [-0.25, -0.2) is 4.79 Å². The molecule has 0 saturated heterocycles. The Bertz CT molecular complexity index is 586. The summed E-state index contributed by atoms with van der Waals surface area (Å²) in [6, 6.07) is 5.10. The second kappa shape index (κ2) is 6.46. The van der Waals surface area contributed by atoms with Gasteiger partial charge in [0.1, 0.15) is 0 Å². The molecule has 2 atom stereocenters. The maximum atomic E-state index is 11.7. The molecule has 120 valence electrons. The number of ether oxygens (including phenoxy) is 2. The molecule has 2 unspecified atom stereocenters. The maximum absolute atomic E-state index is 11.7. The molecule has 0 spiro atoms. The number of aryl methyl sites for hydroxylation is 1. The number of fused-ring (bicyclic) bond motifs is 1. The predicted molar refractivity (Wildman–Crippen MR) is 79.2 cm³/mol. The molecular weight excluding hydrogens is 286 g/mol. The Balaban J connectivity index is 2.39. The molecule has 6 nitrogen and oxygen atoms in total. The highest BCUT2D eigenvalue weighted by Gasteiger charge is 2.43. The number of nitrogens with two attached hydrogens (primary N) is 1. The van der Waals surface area contributed by atoms with Gasteiger partial charge in [-0.1, -0.05) is 6.07 Å². The van der Waals surface area contributed by atoms with Crippen LogP contribution in [0.3, 0.4) is 0 Å². The molecule has 1 aromatic rings. The summed E-state index contributed by atoms with van der Waals surface area (Å²) < 4.78 is 9.42. The van der Waals surface area contributed by atoms with E-state index in [1.165, 1.54) is 14.2 Å². The number of hydrogen-bond donors (Lipinski definition) is 2. The standard InChI is InChI=1S/C16H21NO5/c1-21-13(18)8-16(9-17)6-5-10-3-4-11(15(20)22-2)7-12(10)14(16)19/h3-4,7,14,19H,5-6,8-9,17H2,1-2H3. The highest BCUT2D eigenvalue weighted by molar-refractivity contribution is 5.89. The number of rotatable bonds is 4. The Morgan fingerprint density at radius 3 is 2.68 bits per heavy atom. The van der Waals surface area contributed by atoms with Crippen LogP contribution < -0.4 is 5.73 Å². The fourth-order valence-corrected chi connectivity index (χ4v) is 3.00. The van der Waals surface area contributed by atoms with E-state index in [-0.39, 0.29) is 13.0 Å². The first kappa shape index (κ1) is 16.5. The van der Waals surface area contributed by atoms with E-state index in [0.29, 0.717) is 24.0 Å². The first-order valence-corrected chi connectivity index (χ1v) is 7.13. The molecule has 0 fully saturated rings. The number of aliphatic hydroxyl groups is 1. The summed E-state index contributed by atoms with van der Waals surface area (Å²) in [4.78, 5) is 23.3. The van der Waals surface area contributed by atoms with Crippen LogP contribution in [-0.2, 0) is 20.7 Å². The SMILES string of the molecule is COC(=O)CC1(CN)CCc2ccc(C(=O)OC)cc2C1O. The normalized spacial score (nSPS) is 23.5. The molecule has 0 radical (unpaired) electrons. The second-order valence-electron chi connectivity index (χ2n) is 5.63. The molecule has 0 aliphatic heterocycles. The first-order valence-electron chi connectivity index (χ1n) is 7.13. The van der Waals surface area contributed by atoms with Gasteiger partial charge in [0, 0.05) is 12.0 Å². The number of carbonyl (C=O) groups is 2. The number of methoxy groups -OCH3 is 2. The molecule has 0 aromatic heterocycles. The van der Waals surface area contributed by atoms with E-state index in [2.05, 4.69) is 0 Å². The zero-order chi connectivity index (χ0) is 16.3. The van der Waals surface area contributed by atoms with Crippen LogP contribution >= 0.6 is 0 Å². The van der Waals surface area contributed by atoms with Gasteiger partial charge in [-0.3, -0.25) is 4.79 Å². The van der Waals surface area contributed by atoms with Crippen molar-refractivity contribution in [2.45, 2.75) is 25.4 Å². The molecular formula is C16H21NO5. The van der Waals surface area contributed by atoms with E-state index in [4.69, 9.17) is 15.2 Å². The summed E-state index contributed by atoms with van der Waals surface area (Å²) >= 11 is 0. The van der Waals surface area contributed by atoms with Gasteiger partial charge < -0.3 is 20.3 Å². The summed E-state index contributed by atoms with van der Waals surface area (Å²) in [6.45, 7) is 0.158. The third kappa shape index (κ3) is 2.84. The zero-order valence-electron chi connectivity index (χ0n) is 12.8. The minimum atomic E-state index is -0.926. The summed E-state index contributed by atoms with van der Waals surface area (Å²) in [5.74, 6) is -0.871. The topological polar surface area (TPSA) is 98.9 Å². The summed E-state index contributed by atoms with van der Waals surface area (Å²) in [5, 5.41) is 10.8. The molecule has 1 aliphatic carbocycles. The average molecular weight is 307 g/mol. The fraction of sp³-hybridized carbons (Fsp3) is 0.500. The van der Waals surface area contributed by atoms with Crippen molar-refractivity contribution in [1.29, 1.82) is 0 Å². The molecule has 1 aromatic carbocycles. The smallest absolute Gasteiger partial charge is 0.337 e. The lowest BCUT2D eigenvalue weighted by Gasteiger charge is -2.41. The molecule has 0 amide bonds. The van der Waals surface area contributed by atoms with E-state index >= 15 is 0 Å². The van der Waals surface area contributed by atoms with Gasteiger partial charge in [-0.05, 0) is 36.1 Å². The maximum Gasteiger partial charge on any atom is 0.337 e. The molecule has 0 saturated carbocycles. The molecule has 2 rings (SSSR count). The minimum Gasteiger partial charge on any atom is -0.469 e. The predicted octanol–water partition coefficient (Wildman–Crippen LogP) is 0.961. The highest BCUT2D eigenvalue weighted by atomic mass is 16.5. The van der Waals surface area contributed by atoms with Crippen molar-refractivity contribution in [3.63, 3.8) is 0 Å².